The Kier molecular flexibility index (Phi) is 7.12. The van der Waals surface area contributed by atoms with Crippen molar-refractivity contribution in [3.05, 3.63) is 82.7 Å². The van der Waals surface area contributed by atoms with Crippen LogP contribution in [0.2, 0.25) is 0 Å². The van der Waals surface area contributed by atoms with E-state index in [-0.39, 0.29) is 17.6 Å². The summed E-state index contributed by atoms with van der Waals surface area (Å²) in [6.07, 6.45) is -0.148. The van der Waals surface area contributed by atoms with Gasteiger partial charge in [0.25, 0.3) is 5.91 Å². The summed E-state index contributed by atoms with van der Waals surface area (Å²) < 4.78 is 26.5. The first kappa shape index (κ1) is 26.0. The first-order chi connectivity index (χ1) is 17.5. The van der Waals surface area contributed by atoms with Crippen molar-refractivity contribution in [2.24, 2.45) is 0 Å². The molecule has 0 saturated heterocycles. The van der Waals surface area contributed by atoms with Gasteiger partial charge in [-0.2, -0.15) is 0 Å². The maximum atomic E-state index is 14.3. The lowest BCUT2D eigenvalue weighted by atomic mass is 9.84. The summed E-state index contributed by atoms with van der Waals surface area (Å²) in [5.74, 6) is -0.708. The zero-order valence-electron chi connectivity index (χ0n) is 21.6. The van der Waals surface area contributed by atoms with E-state index in [1.165, 1.54) is 26.0 Å². The summed E-state index contributed by atoms with van der Waals surface area (Å²) in [6, 6.07) is 15.2. The van der Waals surface area contributed by atoms with Gasteiger partial charge >= 0.3 is 5.97 Å². The molecule has 1 atom stereocenters. The van der Waals surface area contributed by atoms with Gasteiger partial charge in [0, 0.05) is 23.9 Å². The fraction of sp³-hybridized carbons (Fsp3) is 0.310. The number of ether oxygens (including phenoxy) is 2. The molecule has 4 rings (SSSR count). The van der Waals surface area contributed by atoms with E-state index < -0.39 is 17.2 Å². The van der Waals surface area contributed by atoms with Crippen molar-refractivity contribution < 1.29 is 28.6 Å². The number of carbonyl (C=O) groups excluding carboxylic acids is 1. The molecule has 0 bridgehead atoms. The molecule has 0 aromatic heterocycles. The number of carboxylic acid groups (broad SMARTS) is 1. The molecular formula is C29H31FN2O5. The zero-order chi connectivity index (χ0) is 26.9. The topological polar surface area (TPSA) is 88.1 Å². The Morgan fingerprint density at radius 2 is 1.86 bits per heavy atom. The highest BCUT2D eigenvalue weighted by Crippen LogP contribution is 2.33. The molecule has 0 radical (unpaired) electrons. The van der Waals surface area contributed by atoms with E-state index in [1.54, 1.807) is 12.1 Å². The Bertz CT molecular complexity index is 1350. The van der Waals surface area contributed by atoms with Crippen LogP contribution < -0.4 is 19.7 Å². The first-order valence-electron chi connectivity index (χ1n) is 12.0. The van der Waals surface area contributed by atoms with Crippen LogP contribution in [0.4, 0.5) is 15.8 Å². The average molecular weight is 507 g/mol. The molecule has 0 aliphatic carbocycles. The number of hydrogen-bond acceptors (Lipinski definition) is 5. The van der Waals surface area contributed by atoms with E-state index in [0.29, 0.717) is 30.2 Å². The Morgan fingerprint density at radius 3 is 2.59 bits per heavy atom. The lowest BCUT2D eigenvalue weighted by molar-refractivity contribution is -0.142. The number of rotatable bonds is 7. The quantitative estimate of drug-likeness (QED) is 0.450. The third-order valence-electron chi connectivity index (χ3n) is 6.89. The van der Waals surface area contributed by atoms with Crippen LogP contribution in [0.25, 0.3) is 0 Å². The minimum atomic E-state index is -1.45. The summed E-state index contributed by atoms with van der Waals surface area (Å²) >= 11 is 0. The minimum absolute atomic E-state index is 0.00681. The van der Waals surface area contributed by atoms with E-state index in [0.717, 1.165) is 28.6 Å². The number of anilines is 2. The summed E-state index contributed by atoms with van der Waals surface area (Å²) in [5, 5.41) is 12.2. The highest BCUT2D eigenvalue weighted by atomic mass is 19.1. The Balaban J connectivity index is 1.46. The van der Waals surface area contributed by atoms with E-state index in [2.05, 4.69) is 10.2 Å². The number of hydrogen-bond donors (Lipinski definition) is 2. The predicted molar refractivity (Wildman–Crippen MR) is 141 cm³/mol. The van der Waals surface area contributed by atoms with E-state index in [9.17, 15) is 19.1 Å². The van der Waals surface area contributed by atoms with Crippen LogP contribution in [0.5, 0.6) is 11.5 Å². The number of fused-ring (bicyclic) bond motifs is 1. The summed E-state index contributed by atoms with van der Waals surface area (Å²) in [4.78, 5) is 26.8. The number of likely N-dealkylation sites (N-methyl/N-ethyl adjacent to an activating group) is 1. The van der Waals surface area contributed by atoms with Gasteiger partial charge in [0.2, 0.25) is 0 Å². The maximum absolute atomic E-state index is 14.3. The van der Waals surface area contributed by atoms with Gasteiger partial charge in [0.15, 0.2) is 0 Å². The third kappa shape index (κ3) is 5.23. The van der Waals surface area contributed by atoms with Crippen LogP contribution in [0.3, 0.4) is 0 Å². The number of carboxylic acids is 1. The fourth-order valence-corrected chi connectivity index (χ4v) is 4.36. The lowest BCUT2D eigenvalue weighted by Gasteiger charge is -2.33. The largest absolute Gasteiger partial charge is 0.489 e. The highest BCUT2D eigenvalue weighted by Gasteiger charge is 2.32. The number of benzene rings is 3. The molecule has 0 fully saturated rings. The molecule has 37 heavy (non-hydrogen) atoms. The van der Waals surface area contributed by atoms with Gasteiger partial charge < -0.3 is 24.8 Å². The van der Waals surface area contributed by atoms with E-state index in [4.69, 9.17) is 9.47 Å². The number of aliphatic carboxylic acids is 1. The molecule has 8 heteroatoms. The number of nitrogens with zero attached hydrogens (tertiary/aromatic N) is 1. The van der Waals surface area contributed by atoms with Crippen LogP contribution in [-0.2, 0) is 10.2 Å². The monoisotopic (exact) mass is 506 g/mol. The number of carbonyl (C=O) groups is 2. The second-order valence-corrected chi connectivity index (χ2v) is 9.84. The Labute approximate surface area is 215 Å². The molecule has 1 heterocycles. The molecule has 7 nitrogen and oxygen atoms in total. The highest BCUT2D eigenvalue weighted by molar-refractivity contribution is 6.05. The van der Waals surface area contributed by atoms with Gasteiger partial charge in [-0.1, -0.05) is 12.1 Å². The fourth-order valence-electron chi connectivity index (χ4n) is 4.36. The molecule has 0 saturated carbocycles. The summed E-state index contributed by atoms with van der Waals surface area (Å²) in [6.45, 7) is 7.59. The van der Waals surface area contributed by atoms with Crippen LogP contribution in [-0.4, -0.2) is 43.3 Å². The first-order valence-corrected chi connectivity index (χ1v) is 12.0. The molecular weight excluding hydrogens is 475 g/mol. The number of amides is 1. The average Bonchev–Trinajstić information content (AvgIpc) is 2.86. The van der Waals surface area contributed by atoms with Crippen molar-refractivity contribution in [3.63, 3.8) is 0 Å². The third-order valence-corrected chi connectivity index (χ3v) is 6.89. The van der Waals surface area contributed by atoms with Gasteiger partial charge in [-0.25, -0.2) is 4.39 Å². The van der Waals surface area contributed by atoms with Crippen LogP contribution in [0.1, 0.15) is 40.9 Å². The van der Waals surface area contributed by atoms with Crippen LogP contribution in [0.15, 0.2) is 54.6 Å². The van der Waals surface area contributed by atoms with Crippen molar-refractivity contribution in [1.82, 2.24) is 0 Å². The minimum Gasteiger partial charge on any atom is -0.489 e. The Morgan fingerprint density at radius 1 is 1.14 bits per heavy atom. The second kappa shape index (κ2) is 10.1. The van der Waals surface area contributed by atoms with Crippen molar-refractivity contribution in [2.45, 2.75) is 39.2 Å². The second-order valence-electron chi connectivity index (χ2n) is 9.84. The zero-order valence-corrected chi connectivity index (χ0v) is 21.6. The summed E-state index contributed by atoms with van der Waals surface area (Å²) in [7, 11) is 2.02. The molecule has 2 N–H and O–H groups in total. The maximum Gasteiger partial charge on any atom is 0.313 e. The van der Waals surface area contributed by atoms with Crippen molar-refractivity contribution in [1.29, 1.82) is 0 Å². The Hall–Kier alpha value is -4.07. The molecule has 3 aromatic carbocycles. The SMILES string of the molecule is Cc1c(OC[C@@H]2CN(C)c3ccccc3O2)ccc(C(=O)Nc2ccc(F)c(C(C)(C)C(=O)O)c2)c1C. The standard InChI is InChI=1S/C29H31FN2O5/c1-17-18(2)25(36-16-20-15-32(5)24-8-6-7-9-26(24)37-20)13-11-21(17)27(33)31-19-10-12-23(30)22(14-19)29(3,4)28(34)35/h6-14,20H,15-16H2,1-5H3,(H,31,33)(H,34,35)/t20-/m0/s1. The lowest BCUT2D eigenvalue weighted by Crippen LogP contribution is -2.41. The molecule has 1 aliphatic heterocycles. The van der Waals surface area contributed by atoms with E-state index in [1.807, 2.05) is 45.2 Å². The number of halogens is 1. The van der Waals surface area contributed by atoms with Gasteiger partial charge in [-0.3, -0.25) is 9.59 Å². The molecule has 0 spiro atoms. The van der Waals surface area contributed by atoms with E-state index >= 15 is 0 Å². The molecule has 3 aromatic rings. The van der Waals surface area contributed by atoms with Gasteiger partial charge in [0.05, 0.1) is 17.6 Å². The molecule has 194 valence electrons. The number of para-hydroxylation sites is 2. The van der Waals surface area contributed by atoms with Gasteiger partial charge in [-0.05, 0) is 81.3 Å². The smallest absolute Gasteiger partial charge is 0.313 e. The van der Waals surface area contributed by atoms with Crippen molar-refractivity contribution >= 4 is 23.3 Å². The van der Waals surface area contributed by atoms with Gasteiger partial charge in [0.1, 0.15) is 30.0 Å². The van der Waals surface area contributed by atoms with Crippen LogP contribution >= 0.6 is 0 Å². The summed E-state index contributed by atoms with van der Waals surface area (Å²) in [5.41, 5.74) is 1.91. The van der Waals surface area contributed by atoms with Crippen LogP contribution in [0, 0.1) is 19.7 Å². The van der Waals surface area contributed by atoms with Gasteiger partial charge in [-0.15, -0.1) is 0 Å². The molecule has 1 amide bonds. The molecule has 0 unspecified atom stereocenters. The molecule has 1 aliphatic rings. The van der Waals surface area contributed by atoms with Crippen molar-refractivity contribution in [2.75, 3.05) is 30.4 Å². The normalized spacial score (nSPS) is 15.0. The van der Waals surface area contributed by atoms with Crippen molar-refractivity contribution in [3.8, 4) is 11.5 Å². The predicted octanol–water partition coefficient (Wildman–Crippen LogP) is 5.33. The number of nitrogens with one attached hydrogen (secondary N) is 1.